The fraction of sp³-hybridized carbons (Fsp3) is 0.263. The highest BCUT2D eigenvalue weighted by molar-refractivity contribution is 6.05. The number of rotatable bonds is 7. The lowest BCUT2D eigenvalue weighted by Gasteiger charge is -2.11. The molecule has 9 heteroatoms. The third kappa shape index (κ3) is 3.59. The van der Waals surface area contributed by atoms with Crippen LogP contribution in [0, 0.1) is 0 Å². The second kappa shape index (κ2) is 7.55. The Kier molecular flexibility index (Phi) is 4.79. The highest BCUT2D eigenvalue weighted by Gasteiger charge is 2.39. The first-order valence-corrected chi connectivity index (χ1v) is 8.92. The Labute approximate surface area is 160 Å². The molecule has 1 aliphatic rings. The first-order chi connectivity index (χ1) is 13.6. The molecule has 9 nitrogen and oxygen atoms in total. The molecular formula is C19H19N5O4. The molecule has 3 aromatic rings. The van der Waals surface area contributed by atoms with E-state index in [0.29, 0.717) is 18.8 Å². The molecule has 2 N–H and O–H groups in total. The molecule has 0 aliphatic carbocycles. The number of nitrogens with one attached hydrogen (secondary N) is 2. The van der Waals surface area contributed by atoms with E-state index in [1.165, 1.54) is 6.26 Å². The van der Waals surface area contributed by atoms with Crippen LogP contribution >= 0.6 is 0 Å². The summed E-state index contributed by atoms with van der Waals surface area (Å²) in [6, 6.07) is 9.71. The van der Waals surface area contributed by atoms with E-state index in [9.17, 15) is 14.4 Å². The molecule has 0 radical (unpaired) electrons. The molecule has 1 atom stereocenters. The molecule has 28 heavy (non-hydrogen) atoms. The molecule has 1 fully saturated rings. The van der Waals surface area contributed by atoms with E-state index in [-0.39, 0.29) is 18.9 Å². The number of amides is 4. The average molecular weight is 381 g/mol. The van der Waals surface area contributed by atoms with Crippen molar-refractivity contribution in [2.24, 2.45) is 0 Å². The summed E-state index contributed by atoms with van der Waals surface area (Å²) in [5.41, 5.74) is 1.88. The molecule has 3 heterocycles. The van der Waals surface area contributed by atoms with Gasteiger partial charge in [0.2, 0.25) is 5.91 Å². The first-order valence-electron chi connectivity index (χ1n) is 8.92. The number of furan rings is 1. The fourth-order valence-corrected chi connectivity index (χ4v) is 3.19. The monoisotopic (exact) mass is 381 g/mol. The largest absolute Gasteiger partial charge is 0.467 e. The number of para-hydroxylation sites is 2. The lowest BCUT2D eigenvalue weighted by molar-refractivity contribution is -0.131. The highest BCUT2D eigenvalue weighted by Crippen LogP contribution is 2.14. The molecule has 1 unspecified atom stereocenters. The zero-order valence-corrected chi connectivity index (χ0v) is 15.0. The maximum atomic E-state index is 12.4. The number of carbonyl (C=O) groups is 3. The van der Waals surface area contributed by atoms with Gasteiger partial charge in [-0.15, -0.1) is 0 Å². The number of imide groups is 1. The minimum Gasteiger partial charge on any atom is -0.467 e. The van der Waals surface area contributed by atoms with E-state index in [1.807, 2.05) is 28.8 Å². The Morgan fingerprint density at radius 1 is 1.21 bits per heavy atom. The van der Waals surface area contributed by atoms with Gasteiger partial charge in [-0.3, -0.25) is 14.5 Å². The maximum Gasteiger partial charge on any atom is 0.325 e. The molecule has 0 saturated carbocycles. The SMILES string of the molecule is O=C(CC1NC(=O)N(Cc2ccco2)C1=O)NCCn1cnc2ccccc21. The molecule has 1 aromatic carbocycles. The maximum absolute atomic E-state index is 12.4. The number of urea groups is 1. The standard InChI is InChI=1S/C19H19N5O4/c25-17(20-7-8-23-12-21-14-5-1-2-6-16(14)23)10-15-18(26)24(19(27)22-15)11-13-4-3-9-28-13/h1-6,9,12,15H,7-8,10-11H2,(H,20,25)(H,22,27). The smallest absolute Gasteiger partial charge is 0.325 e. The van der Waals surface area contributed by atoms with Gasteiger partial charge in [-0.05, 0) is 24.3 Å². The van der Waals surface area contributed by atoms with Crippen molar-refractivity contribution in [2.75, 3.05) is 6.54 Å². The summed E-state index contributed by atoms with van der Waals surface area (Å²) >= 11 is 0. The number of nitrogens with zero attached hydrogens (tertiary/aromatic N) is 3. The molecular weight excluding hydrogens is 362 g/mol. The van der Waals surface area contributed by atoms with Crippen molar-refractivity contribution in [1.82, 2.24) is 25.1 Å². The number of fused-ring (bicyclic) bond motifs is 1. The summed E-state index contributed by atoms with van der Waals surface area (Å²) in [4.78, 5) is 41.9. The van der Waals surface area contributed by atoms with Gasteiger partial charge in [-0.25, -0.2) is 9.78 Å². The summed E-state index contributed by atoms with van der Waals surface area (Å²) in [5, 5.41) is 5.33. The van der Waals surface area contributed by atoms with Crippen LogP contribution in [-0.4, -0.2) is 44.9 Å². The van der Waals surface area contributed by atoms with Gasteiger partial charge in [0.1, 0.15) is 11.8 Å². The molecule has 144 valence electrons. The summed E-state index contributed by atoms with van der Waals surface area (Å²) in [6.07, 6.45) is 3.09. The number of carbonyl (C=O) groups excluding carboxylic acids is 3. The quantitative estimate of drug-likeness (QED) is 0.599. The molecule has 0 bridgehead atoms. The van der Waals surface area contributed by atoms with Crippen LogP contribution in [-0.2, 0) is 22.7 Å². The van der Waals surface area contributed by atoms with Crippen LogP contribution in [0.1, 0.15) is 12.2 Å². The van der Waals surface area contributed by atoms with Crippen molar-refractivity contribution in [3.63, 3.8) is 0 Å². The zero-order valence-electron chi connectivity index (χ0n) is 15.0. The Bertz CT molecular complexity index is 1010. The molecule has 2 aromatic heterocycles. The summed E-state index contributed by atoms with van der Waals surface area (Å²) < 4.78 is 7.11. The third-order valence-corrected chi connectivity index (χ3v) is 4.59. The number of hydrogen-bond acceptors (Lipinski definition) is 5. The van der Waals surface area contributed by atoms with E-state index < -0.39 is 18.0 Å². The van der Waals surface area contributed by atoms with Crippen molar-refractivity contribution in [1.29, 1.82) is 0 Å². The van der Waals surface area contributed by atoms with Crippen LogP contribution in [0.5, 0.6) is 0 Å². The highest BCUT2D eigenvalue weighted by atomic mass is 16.3. The van der Waals surface area contributed by atoms with E-state index in [1.54, 1.807) is 18.5 Å². The number of imidazole rings is 1. The number of hydrogen-bond donors (Lipinski definition) is 2. The van der Waals surface area contributed by atoms with Gasteiger partial charge in [0, 0.05) is 13.1 Å². The van der Waals surface area contributed by atoms with Crippen molar-refractivity contribution in [2.45, 2.75) is 25.6 Å². The predicted molar refractivity (Wildman–Crippen MR) is 98.9 cm³/mol. The van der Waals surface area contributed by atoms with Crippen molar-refractivity contribution >= 4 is 28.9 Å². The summed E-state index contributed by atoms with van der Waals surface area (Å²) in [6.45, 7) is 0.996. The van der Waals surface area contributed by atoms with Gasteiger partial charge in [0.05, 0.1) is 36.6 Å². The topological polar surface area (TPSA) is 109 Å². The lowest BCUT2D eigenvalue weighted by Crippen LogP contribution is -2.37. The Morgan fingerprint density at radius 2 is 2.07 bits per heavy atom. The van der Waals surface area contributed by atoms with Gasteiger partial charge >= 0.3 is 6.03 Å². The van der Waals surface area contributed by atoms with Crippen LogP contribution in [0.4, 0.5) is 4.79 Å². The Hall–Kier alpha value is -3.62. The van der Waals surface area contributed by atoms with Crippen LogP contribution in [0.25, 0.3) is 11.0 Å². The molecule has 4 rings (SSSR count). The normalized spacial score (nSPS) is 16.6. The van der Waals surface area contributed by atoms with Crippen LogP contribution < -0.4 is 10.6 Å². The minimum absolute atomic E-state index is 0.0451. The Morgan fingerprint density at radius 3 is 2.89 bits per heavy atom. The van der Waals surface area contributed by atoms with E-state index in [4.69, 9.17) is 4.42 Å². The van der Waals surface area contributed by atoms with E-state index in [2.05, 4.69) is 15.6 Å². The summed E-state index contributed by atoms with van der Waals surface area (Å²) in [5.74, 6) is -0.235. The van der Waals surface area contributed by atoms with Crippen molar-refractivity contribution in [3.05, 3.63) is 54.7 Å². The van der Waals surface area contributed by atoms with Crippen molar-refractivity contribution < 1.29 is 18.8 Å². The van der Waals surface area contributed by atoms with Crippen LogP contribution in [0.15, 0.2) is 53.4 Å². The van der Waals surface area contributed by atoms with Crippen molar-refractivity contribution in [3.8, 4) is 0 Å². The summed E-state index contributed by atoms with van der Waals surface area (Å²) in [7, 11) is 0. The predicted octanol–water partition coefficient (Wildman–Crippen LogP) is 1.26. The fourth-order valence-electron chi connectivity index (χ4n) is 3.19. The molecule has 1 aliphatic heterocycles. The second-order valence-corrected chi connectivity index (χ2v) is 6.49. The lowest BCUT2D eigenvalue weighted by atomic mass is 10.2. The number of aromatic nitrogens is 2. The molecule has 4 amide bonds. The third-order valence-electron chi connectivity index (χ3n) is 4.59. The van der Waals surface area contributed by atoms with Gasteiger partial charge in [0.15, 0.2) is 0 Å². The Balaban J connectivity index is 1.28. The van der Waals surface area contributed by atoms with Crippen LogP contribution in [0.3, 0.4) is 0 Å². The number of benzene rings is 1. The van der Waals surface area contributed by atoms with Gasteiger partial charge < -0.3 is 19.6 Å². The zero-order chi connectivity index (χ0) is 19.5. The minimum atomic E-state index is -0.864. The molecule has 1 saturated heterocycles. The average Bonchev–Trinajstić information content (AvgIpc) is 3.40. The first kappa shape index (κ1) is 17.8. The van der Waals surface area contributed by atoms with Crippen LogP contribution in [0.2, 0.25) is 0 Å². The van der Waals surface area contributed by atoms with Gasteiger partial charge in [-0.1, -0.05) is 12.1 Å². The van der Waals surface area contributed by atoms with Gasteiger partial charge in [0.25, 0.3) is 5.91 Å². The molecule has 0 spiro atoms. The van der Waals surface area contributed by atoms with E-state index in [0.717, 1.165) is 15.9 Å². The second-order valence-electron chi connectivity index (χ2n) is 6.49. The van der Waals surface area contributed by atoms with E-state index >= 15 is 0 Å². The van der Waals surface area contributed by atoms with Gasteiger partial charge in [-0.2, -0.15) is 0 Å².